The second kappa shape index (κ2) is 3.83. The van der Waals surface area contributed by atoms with Crippen LogP contribution in [-0.2, 0) is 11.2 Å². The number of phenolic OH excluding ortho intramolecular Hbond substituents is 1. The lowest BCUT2D eigenvalue weighted by molar-refractivity contribution is -0.116. The van der Waals surface area contributed by atoms with E-state index in [1.165, 1.54) is 6.92 Å². The van der Waals surface area contributed by atoms with Gasteiger partial charge in [0.25, 0.3) is 0 Å². The Morgan fingerprint density at radius 3 is 2.81 bits per heavy atom. The number of benzene rings is 1. The predicted octanol–water partition coefficient (Wildman–Crippen LogP) is 3.23. The molecule has 1 N–H and O–H groups in total. The number of hydrogen-bond donors (Lipinski definition) is 1. The predicted molar refractivity (Wildman–Crippen MR) is 62.0 cm³/mol. The third-order valence-corrected chi connectivity index (χ3v) is 2.68. The van der Waals surface area contributed by atoms with Crippen LogP contribution < -0.4 is 0 Å². The monoisotopic (exact) mass is 238 g/mol. The highest BCUT2D eigenvalue weighted by Crippen LogP contribution is 2.36. The van der Waals surface area contributed by atoms with Gasteiger partial charge >= 0.3 is 0 Å². The first-order valence-corrected chi connectivity index (χ1v) is 5.26. The molecule has 16 heavy (non-hydrogen) atoms. The Morgan fingerprint density at radius 1 is 1.50 bits per heavy atom. The van der Waals surface area contributed by atoms with Crippen LogP contribution in [0.3, 0.4) is 0 Å². The smallest absolute Gasteiger partial charge is 0.177 e. The first-order chi connectivity index (χ1) is 7.49. The van der Waals surface area contributed by atoms with Crippen molar-refractivity contribution >= 4 is 28.4 Å². The van der Waals surface area contributed by atoms with Gasteiger partial charge in [-0.1, -0.05) is 11.6 Å². The maximum Gasteiger partial charge on any atom is 0.177 e. The molecule has 0 bridgehead atoms. The minimum Gasteiger partial charge on any atom is -0.504 e. The van der Waals surface area contributed by atoms with Crippen LogP contribution in [0.2, 0.25) is 5.02 Å². The van der Waals surface area contributed by atoms with E-state index in [9.17, 15) is 9.90 Å². The number of Topliss-reactive ketones (excluding diaryl/α,β-unsaturated/α-hetero) is 1. The first-order valence-electron chi connectivity index (χ1n) is 4.89. The van der Waals surface area contributed by atoms with E-state index in [1.807, 2.05) is 0 Å². The van der Waals surface area contributed by atoms with Gasteiger partial charge in [-0.3, -0.25) is 4.79 Å². The van der Waals surface area contributed by atoms with Crippen molar-refractivity contribution in [1.29, 1.82) is 0 Å². The molecule has 84 valence electrons. The van der Waals surface area contributed by atoms with E-state index in [-0.39, 0.29) is 18.0 Å². The fourth-order valence-corrected chi connectivity index (χ4v) is 1.99. The van der Waals surface area contributed by atoms with Gasteiger partial charge in [-0.2, -0.15) is 0 Å². The lowest BCUT2D eigenvalue weighted by Crippen LogP contribution is -1.96. The Kier molecular flexibility index (Phi) is 2.64. The summed E-state index contributed by atoms with van der Waals surface area (Å²) in [6, 6.07) is 3.37. The molecule has 0 saturated heterocycles. The maximum absolute atomic E-state index is 11.0. The number of aryl methyl sites for hydroxylation is 1. The molecule has 0 aliphatic rings. The first kappa shape index (κ1) is 11.0. The standard InChI is InChI=1S/C12H11ClO3/c1-6(14)3-8-5-10(13)9-4-7(2)16-12(9)11(8)15/h4-5,15H,3H2,1-2H3. The van der Waals surface area contributed by atoms with Crippen molar-refractivity contribution in [2.24, 2.45) is 0 Å². The second-order valence-corrected chi connectivity index (χ2v) is 4.25. The zero-order valence-corrected chi connectivity index (χ0v) is 9.76. The Balaban J connectivity index is 2.69. The summed E-state index contributed by atoms with van der Waals surface area (Å²) >= 11 is 6.05. The summed E-state index contributed by atoms with van der Waals surface area (Å²) in [7, 11) is 0. The number of furan rings is 1. The summed E-state index contributed by atoms with van der Waals surface area (Å²) in [5, 5.41) is 11.1. The van der Waals surface area contributed by atoms with Crippen molar-refractivity contribution in [1.82, 2.24) is 0 Å². The number of ketones is 1. The van der Waals surface area contributed by atoms with E-state index < -0.39 is 0 Å². The average Bonchev–Trinajstić information content (AvgIpc) is 2.56. The Morgan fingerprint density at radius 2 is 2.19 bits per heavy atom. The largest absolute Gasteiger partial charge is 0.504 e. The molecule has 2 aromatic rings. The summed E-state index contributed by atoms with van der Waals surface area (Å²) in [6.45, 7) is 3.24. The number of carbonyl (C=O) groups excluding carboxylic acids is 1. The zero-order valence-electron chi connectivity index (χ0n) is 9.00. The Hall–Kier alpha value is -1.48. The SMILES string of the molecule is CC(=O)Cc1cc(Cl)c2cc(C)oc2c1O. The summed E-state index contributed by atoms with van der Waals surface area (Å²) in [4.78, 5) is 11.0. The van der Waals surface area contributed by atoms with Crippen LogP contribution >= 0.6 is 11.6 Å². The molecule has 1 aromatic heterocycles. The highest BCUT2D eigenvalue weighted by Gasteiger charge is 2.15. The van der Waals surface area contributed by atoms with Gasteiger partial charge in [0.15, 0.2) is 11.3 Å². The third kappa shape index (κ3) is 1.78. The van der Waals surface area contributed by atoms with Gasteiger partial charge in [-0.05, 0) is 26.0 Å². The van der Waals surface area contributed by atoms with Crippen LogP contribution in [0.5, 0.6) is 5.75 Å². The topological polar surface area (TPSA) is 50.4 Å². The van der Waals surface area contributed by atoms with Crippen LogP contribution in [0.15, 0.2) is 16.5 Å². The van der Waals surface area contributed by atoms with Crippen LogP contribution in [0.4, 0.5) is 0 Å². The molecule has 1 heterocycles. The van der Waals surface area contributed by atoms with Gasteiger partial charge in [0.05, 0.1) is 5.02 Å². The number of hydrogen-bond acceptors (Lipinski definition) is 3. The number of halogens is 1. The second-order valence-electron chi connectivity index (χ2n) is 3.84. The lowest BCUT2D eigenvalue weighted by Gasteiger charge is -2.04. The molecule has 0 spiro atoms. The quantitative estimate of drug-likeness (QED) is 0.874. The number of fused-ring (bicyclic) bond motifs is 1. The molecule has 0 amide bonds. The van der Waals surface area contributed by atoms with Gasteiger partial charge in [0, 0.05) is 17.4 Å². The highest BCUT2D eigenvalue weighted by molar-refractivity contribution is 6.35. The molecule has 2 rings (SSSR count). The van der Waals surface area contributed by atoms with E-state index in [0.717, 1.165) is 0 Å². The Labute approximate surface area is 97.6 Å². The van der Waals surface area contributed by atoms with E-state index in [1.54, 1.807) is 19.1 Å². The van der Waals surface area contributed by atoms with Crippen molar-refractivity contribution in [3.05, 3.63) is 28.5 Å². The number of aromatic hydroxyl groups is 1. The normalized spacial score (nSPS) is 10.9. The number of phenols is 1. The van der Waals surface area contributed by atoms with Crippen LogP contribution in [0, 0.1) is 6.92 Å². The summed E-state index contributed by atoms with van der Waals surface area (Å²) < 4.78 is 5.36. The van der Waals surface area contributed by atoms with Gasteiger partial charge in [-0.25, -0.2) is 0 Å². The van der Waals surface area contributed by atoms with E-state index >= 15 is 0 Å². The minimum absolute atomic E-state index is 0.00250. The molecule has 0 aliphatic heterocycles. The zero-order chi connectivity index (χ0) is 11.9. The average molecular weight is 239 g/mol. The molecule has 0 aliphatic carbocycles. The van der Waals surface area contributed by atoms with Gasteiger partial charge < -0.3 is 9.52 Å². The molecule has 0 saturated carbocycles. The lowest BCUT2D eigenvalue weighted by atomic mass is 10.1. The van der Waals surface area contributed by atoms with Crippen molar-refractivity contribution in [2.45, 2.75) is 20.3 Å². The van der Waals surface area contributed by atoms with Crippen molar-refractivity contribution in [3.63, 3.8) is 0 Å². The molecule has 0 fully saturated rings. The molecular weight excluding hydrogens is 228 g/mol. The Bertz CT molecular complexity index is 569. The van der Waals surface area contributed by atoms with Crippen LogP contribution in [0.25, 0.3) is 11.0 Å². The molecule has 4 heteroatoms. The molecule has 1 aromatic carbocycles. The minimum atomic E-state index is -0.0333. The van der Waals surface area contributed by atoms with Crippen LogP contribution in [-0.4, -0.2) is 10.9 Å². The number of rotatable bonds is 2. The van der Waals surface area contributed by atoms with E-state index in [2.05, 4.69) is 0 Å². The molecule has 3 nitrogen and oxygen atoms in total. The molecular formula is C12H11ClO3. The van der Waals surface area contributed by atoms with Gasteiger partial charge in [0.2, 0.25) is 0 Å². The third-order valence-electron chi connectivity index (χ3n) is 2.37. The molecule has 0 radical (unpaired) electrons. The fraction of sp³-hybridized carbons (Fsp3) is 0.250. The maximum atomic E-state index is 11.0. The fourth-order valence-electron chi connectivity index (χ4n) is 1.72. The van der Waals surface area contributed by atoms with Gasteiger partial charge in [0.1, 0.15) is 11.5 Å². The molecule has 0 unspecified atom stereocenters. The molecule has 0 atom stereocenters. The highest BCUT2D eigenvalue weighted by atomic mass is 35.5. The van der Waals surface area contributed by atoms with Crippen molar-refractivity contribution < 1.29 is 14.3 Å². The number of carbonyl (C=O) groups is 1. The summed E-state index contributed by atoms with van der Waals surface area (Å²) in [6.07, 6.45) is 0.154. The van der Waals surface area contributed by atoms with Crippen molar-refractivity contribution in [2.75, 3.05) is 0 Å². The van der Waals surface area contributed by atoms with E-state index in [0.29, 0.717) is 27.3 Å². The summed E-state index contributed by atoms with van der Waals surface area (Å²) in [5.41, 5.74) is 0.848. The van der Waals surface area contributed by atoms with Gasteiger partial charge in [-0.15, -0.1) is 0 Å². The van der Waals surface area contributed by atoms with Crippen LogP contribution in [0.1, 0.15) is 18.2 Å². The van der Waals surface area contributed by atoms with E-state index in [4.69, 9.17) is 16.0 Å². The summed E-state index contributed by atoms with van der Waals surface area (Å²) in [5.74, 6) is 0.642. The van der Waals surface area contributed by atoms with Crippen molar-refractivity contribution in [3.8, 4) is 5.75 Å².